The molecule has 6 rings (SSSR count). The number of aryl methyl sites for hydroxylation is 3. The highest BCUT2D eigenvalue weighted by Crippen LogP contribution is 2.46. The van der Waals surface area contributed by atoms with Crippen LogP contribution in [0, 0.1) is 30.6 Å². The van der Waals surface area contributed by atoms with Crippen LogP contribution in [0.2, 0.25) is 0 Å². The van der Waals surface area contributed by atoms with Gasteiger partial charge in [-0.15, -0.1) is 0 Å². The average molecular weight is 831 g/mol. The Labute approximate surface area is 364 Å². The fourth-order valence-electron chi connectivity index (χ4n) is 8.67. The molecule has 8 heteroatoms. The molecule has 0 saturated heterocycles. The van der Waals surface area contributed by atoms with Gasteiger partial charge in [0.25, 0.3) is 0 Å². The Morgan fingerprint density at radius 2 is 1.08 bits per heavy atom. The Bertz CT molecular complexity index is 2270. The highest BCUT2D eigenvalue weighted by molar-refractivity contribution is 5.69. The van der Waals surface area contributed by atoms with E-state index in [9.17, 15) is 9.59 Å². The van der Waals surface area contributed by atoms with Crippen LogP contribution in [0.3, 0.4) is 0 Å². The summed E-state index contributed by atoms with van der Waals surface area (Å²) in [7, 11) is 0. The van der Waals surface area contributed by atoms with E-state index >= 15 is 0 Å². The maximum Gasteiger partial charge on any atom is 0.305 e. The monoisotopic (exact) mass is 830 g/mol. The van der Waals surface area contributed by atoms with Crippen LogP contribution in [0.4, 0.5) is 0 Å². The highest BCUT2D eigenvalue weighted by atomic mass is 16.5. The average Bonchev–Trinajstić information content (AvgIpc) is 3.82. The molecule has 4 heterocycles. The van der Waals surface area contributed by atoms with Crippen molar-refractivity contribution in [1.29, 1.82) is 0 Å². The third-order valence-electron chi connectivity index (χ3n) is 11.0. The number of carbonyl (C=O) groups is 2. The van der Waals surface area contributed by atoms with Crippen molar-refractivity contribution in [2.45, 2.75) is 162 Å². The molecule has 0 saturated carbocycles. The first-order valence-electron chi connectivity index (χ1n) is 22.0. The number of hydrogen-bond donors (Lipinski definition) is 0. The number of esters is 2. The van der Waals surface area contributed by atoms with E-state index in [1.807, 2.05) is 50.2 Å². The molecule has 0 radical (unpaired) electrons. The van der Waals surface area contributed by atoms with E-state index < -0.39 is 0 Å². The number of unbranched alkanes of at least 4 members (excludes halogenated alkanes) is 2. The molecule has 0 amide bonds. The van der Waals surface area contributed by atoms with Gasteiger partial charge < -0.3 is 27.8 Å². The highest BCUT2D eigenvalue weighted by Gasteiger charge is 2.40. The van der Waals surface area contributed by atoms with E-state index in [2.05, 4.69) is 104 Å². The molecule has 0 aliphatic carbocycles. The van der Waals surface area contributed by atoms with Gasteiger partial charge >= 0.3 is 11.9 Å². The second-order valence-corrected chi connectivity index (χ2v) is 18.8. The van der Waals surface area contributed by atoms with Gasteiger partial charge in [0.1, 0.15) is 34.2 Å². The first kappa shape index (κ1) is 46.7. The van der Waals surface area contributed by atoms with Crippen LogP contribution in [-0.4, -0.2) is 36.4 Å². The maximum absolute atomic E-state index is 11.4. The second-order valence-electron chi connectivity index (χ2n) is 18.8. The van der Waals surface area contributed by atoms with E-state index in [1.165, 1.54) is 11.1 Å². The van der Waals surface area contributed by atoms with Gasteiger partial charge in [-0.2, -0.15) is 0 Å². The second kappa shape index (κ2) is 20.0. The largest absolute Gasteiger partial charge is 0.488 e. The summed E-state index contributed by atoms with van der Waals surface area (Å²) < 4.78 is 34.0. The van der Waals surface area contributed by atoms with Crippen LogP contribution in [0.25, 0.3) is 0 Å². The van der Waals surface area contributed by atoms with E-state index in [-0.39, 0.29) is 34.0 Å². The summed E-state index contributed by atoms with van der Waals surface area (Å²) in [6.45, 7) is 24.2. The zero-order valence-electron chi connectivity index (χ0n) is 38.4. The van der Waals surface area contributed by atoms with Crippen molar-refractivity contribution in [3.05, 3.63) is 105 Å². The Kier molecular flexibility index (Phi) is 15.3. The molecule has 2 aliphatic heterocycles. The zero-order chi connectivity index (χ0) is 44.4. The minimum Gasteiger partial charge on any atom is -0.488 e. The lowest BCUT2D eigenvalue weighted by Gasteiger charge is -2.42. The number of benzene rings is 2. The third kappa shape index (κ3) is 13.6. The third-order valence-corrected chi connectivity index (χ3v) is 11.0. The number of rotatable bonds is 12. The fraction of sp³-hybridized carbons (Fsp3) is 0.509. The number of furan rings is 2. The van der Waals surface area contributed by atoms with Crippen LogP contribution in [0.15, 0.2) is 63.4 Å². The molecule has 0 bridgehead atoms. The van der Waals surface area contributed by atoms with E-state index in [0.29, 0.717) is 37.6 Å². The van der Waals surface area contributed by atoms with Gasteiger partial charge in [-0.05, 0) is 170 Å². The first-order valence-corrected chi connectivity index (χ1v) is 22.0. The molecular weight excluding hydrogens is 765 g/mol. The number of ether oxygens (including phenoxy) is 4. The van der Waals surface area contributed by atoms with Gasteiger partial charge in [-0.1, -0.05) is 39.5 Å². The van der Waals surface area contributed by atoms with Crippen molar-refractivity contribution < 1.29 is 37.4 Å². The summed E-state index contributed by atoms with van der Waals surface area (Å²) in [5.41, 5.74) is 5.21. The Balaban J connectivity index is 0.000000231. The number of carbonyl (C=O) groups excluding carboxylic acids is 2. The Morgan fingerprint density at radius 3 is 1.61 bits per heavy atom. The van der Waals surface area contributed by atoms with Gasteiger partial charge in [-0.25, -0.2) is 0 Å². The summed E-state index contributed by atoms with van der Waals surface area (Å²) in [4.78, 5) is 22.8. The van der Waals surface area contributed by atoms with Crippen molar-refractivity contribution in [3.8, 4) is 35.2 Å². The van der Waals surface area contributed by atoms with Crippen LogP contribution in [0.5, 0.6) is 11.5 Å². The van der Waals surface area contributed by atoms with Crippen LogP contribution in [0.1, 0.15) is 171 Å². The molecular formula is C53H66O8. The molecule has 4 aromatic rings. The summed E-state index contributed by atoms with van der Waals surface area (Å²) >= 11 is 0. The summed E-state index contributed by atoms with van der Waals surface area (Å²) in [5, 5.41) is 0. The van der Waals surface area contributed by atoms with Crippen molar-refractivity contribution >= 4 is 11.9 Å². The summed E-state index contributed by atoms with van der Waals surface area (Å²) in [6.07, 6.45) is 7.77. The quantitative estimate of drug-likeness (QED) is 0.0791. The molecule has 0 N–H and O–H groups in total. The minimum absolute atomic E-state index is 0.0304. The minimum atomic E-state index is -0.170. The van der Waals surface area contributed by atoms with Gasteiger partial charge in [0, 0.05) is 47.9 Å². The van der Waals surface area contributed by atoms with Gasteiger partial charge in [0.05, 0.1) is 13.2 Å². The van der Waals surface area contributed by atoms with Gasteiger partial charge in [0.2, 0.25) is 0 Å². The lowest BCUT2D eigenvalue weighted by atomic mass is 9.73. The van der Waals surface area contributed by atoms with Crippen LogP contribution in [-0.2, 0) is 42.7 Å². The van der Waals surface area contributed by atoms with Gasteiger partial charge in [0.15, 0.2) is 11.5 Å². The lowest BCUT2D eigenvalue weighted by Crippen LogP contribution is -2.41. The first-order chi connectivity index (χ1) is 28.8. The molecule has 0 spiro atoms. The van der Waals surface area contributed by atoms with Crippen LogP contribution < -0.4 is 9.47 Å². The van der Waals surface area contributed by atoms with Crippen molar-refractivity contribution in [2.24, 2.45) is 0 Å². The van der Waals surface area contributed by atoms with Crippen molar-refractivity contribution in [1.82, 2.24) is 0 Å². The fourth-order valence-corrected chi connectivity index (χ4v) is 8.67. The topological polar surface area (TPSA) is 97.3 Å². The zero-order valence-corrected chi connectivity index (χ0v) is 38.4. The molecule has 2 aliphatic rings. The standard InChI is InChI=1S/C27H34O4.C26H32O4/c1-7-29-25(28)11-9-8-10-21-14-15-22(30-21)13-12-20-17-23-24(16-19(20)2)31-27(5,6)18-26(23,3)4;1-6-28-24(27)10-8-7-9-20-14-15-21(29-20)13-11-19-12-16-23-22(17-19)25(2,3)18-26(4,5)30-23/h14-17H,7-11,18H2,1-6H3;12,14-17H,6-10,18H2,1-5H3. The molecule has 8 nitrogen and oxygen atoms in total. The number of hydrogen-bond acceptors (Lipinski definition) is 8. The Morgan fingerprint density at radius 1 is 0.590 bits per heavy atom. The predicted molar refractivity (Wildman–Crippen MR) is 240 cm³/mol. The SMILES string of the molecule is CCOC(=O)CCCCc1ccc(C#Cc2cc3c(cc2C)OC(C)(C)CC3(C)C)o1.CCOC(=O)CCCCc1ccc(C#Cc2ccc3c(c2)C(C)(C)CC(C)(C)O3)o1. The molecule has 326 valence electrons. The summed E-state index contributed by atoms with van der Waals surface area (Å²) in [6, 6.07) is 18.2. The lowest BCUT2D eigenvalue weighted by molar-refractivity contribution is -0.144. The van der Waals surface area contributed by atoms with E-state index in [1.54, 1.807) is 0 Å². The molecule has 0 fully saturated rings. The summed E-state index contributed by atoms with van der Waals surface area (Å²) in [5.74, 6) is 17.6. The molecule has 61 heavy (non-hydrogen) atoms. The maximum atomic E-state index is 11.4. The molecule has 2 aromatic heterocycles. The predicted octanol–water partition coefficient (Wildman–Crippen LogP) is 11.9. The van der Waals surface area contributed by atoms with E-state index in [4.69, 9.17) is 27.8 Å². The Hall–Kier alpha value is -5.34. The molecule has 2 aromatic carbocycles. The molecule has 0 atom stereocenters. The van der Waals surface area contributed by atoms with Gasteiger partial charge in [-0.3, -0.25) is 9.59 Å². The van der Waals surface area contributed by atoms with Crippen LogP contribution >= 0.6 is 0 Å². The number of fused-ring (bicyclic) bond motifs is 2. The smallest absolute Gasteiger partial charge is 0.305 e. The molecule has 0 unspecified atom stereocenters. The van der Waals surface area contributed by atoms with Crippen molar-refractivity contribution in [3.63, 3.8) is 0 Å². The normalized spacial score (nSPS) is 16.0. The van der Waals surface area contributed by atoms with E-state index in [0.717, 1.165) is 91.1 Å². The van der Waals surface area contributed by atoms with Crippen molar-refractivity contribution in [2.75, 3.05) is 13.2 Å².